The molecule has 5 aromatic rings. The smallest absolute Gasteiger partial charge is 0.135 e. The Kier molecular flexibility index (Phi) is 6.45. The highest BCUT2D eigenvalue weighted by atomic mass is 16.5. The number of nitrogens with zero attached hydrogens (tertiary/aromatic N) is 1. The minimum atomic E-state index is 0.228. The van der Waals surface area contributed by atoms with Crippen LogP contribution in [0.5, 0.6) is 11.5 Å². The standard InChI is InChI=1S/C44H33NO/c1-2-13-37(14-3-1)45-42-25-21-35(31-19-23-38(24-20-31)46-44-16-8-12-32-10-6-7-15-39(32)44)28-40(42)41-29-36(22-26-43(41)45)34-18-17-30-9-4-5-11-33(30)27-34/h1-30,33,41,43H. The number of ether oxygens (including phenoxy) is 1. The van der Waals surface area contributed by atoms with Crippen molar-refractivity contribution in [2.24, 2.45) is 11.8 Å². The Morgan fingerprint density at radius 1 is 0.565 bits per heavy atom. The minimum Gasteiger partial charge on any atom is -0.457 e. The Morgan fingerprint density at radius 2 is 1.30 bits per heavy atom. The number of rotatable bonds is 5. The lowest BCUT2D eigenvalue weighted by atomic mass is 9.79. The van der Waals surface area contributed by atoms with Crippen LogP contribution >= 0.6 is 0 Å². The first-order chi connectivity index (χ1) is 22.8. The molecule has 0 bridgehead atoms. The molecule has 9 rings (SSSR count). The van der Waals surface area contributed by atoms with Gasteiger partial charge >= 0.3 is 0 Å². The van der Waals surface area contributed by atoms with E-state index in [-0.39, 0.29) is 12.0 Å². The van der Waals surface area contributed by atoms with E-state index in [0.29, 0.717) is 11.8 Å². The van der Waals surface area contributed by atoms with Gasteiger partial charge in [-0.3, -0.25) is 0 Å². The zero-order valence-corrected chi connectivity index (χ0v) is 25.4. The van der Waals surface area contributed by atoms with Gasteiger partial charge in [-0.25, -0.2) is 0 Å². The van der Waals surface area contributed by atoms with Gasteiger partial charge < -0.3 is 9.64 Å². The summed E-state index contributed by atoms with van der Waals surface area (Å²) in [7, 11) is 0. The van der Waals surface area contributed by atoms with Gasteiger partial charge in [0.15, 0.2) is 0 Å². The second-order valence-electron chi connectivity index (χ2n) is 12.5. The first kappa shape index (κ1) is 26.8. The molecule has 46 heavy (non-hydrogen) atoms. The van der Waals surface area contributed by atoms with E-state index in [1.807, 2.05) is 12.1 Å². The maximum absolute atomic E-state index is 6.35. The van der Waals surface area contributed by atoms with Crippen molar-refractivity contribution in [1.29, 1.82) is 0 Å². The Bertz CT molecular complexity index is 2140. The van der Waals surface area contributed by atoms with Crippen molar-refractivity contribution < 1.29 is 4.74 Å². The highest BCUT2D eigenvalue weighted by Gasteiger charge is 2.38. The summed E-state index contributed by atoms with van der Waals surface area (Å²) in [4.78, 5) is 2.50. The summed E-state index contributed by atoms with van der Waals surface area (Å²) < 4.78 is 6.35. The Hall–Kier alpha value is -5.60. The summed E-state index contributed by atoms with van der Waals surface area (Å²) in [5.74, 6) is 2.84. The molecule has 4 atom stereocenters. The summed E-state index contributed by atoms with van der Waals surface area (Å²) in [6.07, 6.45) is 23.3. The molecule has 2 nitrogen and oxygen atoms in total. The number of hydrogen-bond acceptors (Lipinski definition) is 2. The van der Waals surface area contributed by atoms with E-state index in [1.165, 1.54) is 44.6 Å². The first-order valence-corrected chi connectivity index (χ1v) is 16.2. The van der Waals surface area contributed by atoms with Crippen molar-refractivity contribution in [3.8, 4) is 22.6 Å². The van der Waals surface area contributed by atoms with E-state index in [9.17, 15) is 0 Å². The van der Waals surface area contributed by atoms with Crippen molar-refractivity contribution in [3.05, 3.63) is 193 Å². The quantitative estimate of drug-likeness (QED) is 0.202. The molecule has 2 heteroatoms. The molecule has 3 aliphatic carbocycles. The number of para-hydroxylation sites is 1. The Morgan fingerprint density at radius 3 is 2.20 bits per heavy atom. The molecular weight excluding hydrogens is 558 g/mol. The van der Waals surface area contributed by atoms with E-state index in [2.05, 4.69) is 169 Å². The fourth-order valence-electron chi connectivity index (χ4n) is 7.46. The molecule has 0 amide bonds. The van der Waals surface area contributed by atoms with E-state index in [1.54, 1.807) is 0 Å². The van der Waals surface area contributed by atoms with Crippen LogP contribution in [0.4, 0.5) is 11.4 Å². The van der Waals surface area contributed by atoms with Gasteiger partial charge in [0.2, 0.25) is 0 Å². The maximum Gasteiger partial charge on any atom is 0.135 e. The number of benzene rings is 5. The highest BCUT2D eigenvalue weighted by Crippen LogP contribution is 2.50. The lowest BCUT2D eigenvalue weighted by Crippen LogP contribution is -2.29. The monoisotopic (exact) mass is 591 g/mol. The molecule has 0 radical (unpaired) electrons. The van der Waals surface area contributed by atoms with Gasteiger partial charge in [-0.15, -0.1) is 0 Å². The minimum absolute atomic E-state index is 0.228. The van der Waals surface area contributed by atoms with Crippen LogP contribution in [-0.2, 0) is 0 Å². The predicted octanol–water partition coefficient (Wildman–Crippen LogP) is 11.3. The lowest BCUT2D eigenvalue weighted by molar-refractivity contribution is 0.488. The topological polar surface area (TPSA) is 12.5 Å². The van der Waals surface area contributed by atoms with Gasteiger partial charge in [0.25, 0.3) is 0 Å². The SMILES string of the molecule is C1=CC2C=CC(C3=CC4c5cc(-c6ccc(Oc7cccc8ccccc78)cc6)ccc5N(c5ccccc5)C4C=C3)=CC2C=C1. The first-order valence-electron chi connectivity index (χ1n) is 16.2. The van der Waals surface area contributed by atoms with Crippen molar-refractivity contribution in [3.63, 3.8) is 0 Å². The van der Waals surface area contributed by atoms with Crippen LogP contribution < -0.4 is 9.64 Å². The van der Waals surface area contributed by atoms with Gasteiger partial charge in [-0.1, -0.05) is 134 Å². The molecule has 0 N–H and O–H groups in total. The highest BCUT2D eigenvalue weighted by molar-refractivity contribution is 5.88. The third-order valence-corrected chi connectivity index (χ3v) is 9.77. The van der Waals surface area contributed by atoms with Gasteiger partial charge in [0, 0.05) is 34.5 Å². The Balaban J connectivity index is 1.06. The van der Waals surface area contributed by atoms with Gasteiger partial charge in [0.1, 0.15) is 11.5 Å². The van der Waals surface area contributed by atoms with Crippen LogP contribution in [0.3, 0.4) is 0 Å². The molecule has 0 spiro atoms. The van der Waals surface area contributed by atoms with Crippen LogP contribution in [0.1, 0.15) is 11.5 Å². The Labute approximate surface area is 270 Å². The molecular formula is C44H33NO. The average Bonchev–Trinajstić information content (AvgIpc) is 3.45. The lowest BCUT2D eigenvalue weighted by Gasteiger charge is -2.30. The van der Waals surface area contributed by atoms with Crippen molar-refractivity contribution >= 4 is 22.1 Å². The third-order valence-electron chi connectivity index (χ3n) is 9.77. The van der Waals surface area contributed by atoms with Gasteiger partial charge in [-0.2, -0.15) is 0 Å². The second-order valence-corrected chi connectivity index (χ2v) is 12.5. The number of fused-ring (bicyclic) bond motifs is 5. The normalized spacial score (nSPS) is 22.2. The molecule has 0 aromatic heterocycles. The largest absolute Gasteiger partial charge is 0.457 e. The van der Waals surface area contributed by atoms with Gasteiger partial charge in [-0.05, 0) is 75.7 Å². The summed E-state index contributed by atoms with van der Waals surface area (Å²) >= 11 is 0. The molecule has 1 heterocycles. The molecule has 4 aliphatic rings. The van der Waals surface area contributed by atoms with Gasteiger partial charge in [0.05, 0.1) is 6.04 Å². The number of hydrogen-bond donors (Lipinski definition) is 0. The molecule has 0 fully saturated rings. The van der Waals surface area contributed by atoms with Crippen LogP contribution in [0.25, 0.3) is 21.9 Å². The van der Waals surface area contributed by atoms with Crippen LogP contribution in [-0.4, -0.2) is 6.04 Å². The summed E-state index contributed by atoms with van der Waals surface area (Å²) in [5.41, 5.74) is 8.87. The van der Waals surface area contributed by atoms with Crippen LogP contribution in [0.15, 0.2) is 187 Å². The summed E-state index contributed by atoms with van der Waals surface area (Å²) in [6, 6.07) is 41.0. The van der Waals surface area contributed by atoms with Crippen LogP contribution in [0, 0.1) is 11.8 Å². The number of anilines is 2. The summed E-state index contributed by atoms with van der Waals surface area (Å²) in [6.45, 7) is 0. The molecule has 0 saturated carbocycles. The molecule has 5 aromatic carbocycles. The molecule has 220 valence electrons. The zero-order valence-electron chi connectivity index (χ0n) is 25.4. The molecule has 4 unspecified atom stereocenters. The fourth-order valence-corrected chi connectivity index (χ4v) is 7.46. The van der Waals surface area contributed by atoms with E-state index in [4.69, 9.17) is 4.74 Å². The average molecular weight is 592 g/mol. The fraction of sp³-hybridized carbons (Fsp3) is 0.0909. The van der Waals surface area contributed by atoms with Crippen molar-refractivity contribution in [2.75, 3.05) is 4.90 Å². The van der Waals surface area contributed by atoms with E-state index < -0.39 is 0 Å². The van der Waals surface area contributed by atoms with Crippen LogP contribution in [0.2, 0.25) is 0 Å². The van der Waals surface area contributed by atoms with Crippen molar-refractivity contribution in [2.45, 2.75) is 12.0 Å². The predicted molar refractivity (Wildman–Crippen MR) is 191 cm³/mol. The number of allylic oxidation sites excluding steroid dienone is 10. The second kappa shape index (κ2) is 11.1. The molecule has 1 aliphatic heterocycles. The van der Waals surface area contributed by atoms with E-state index >= 15 is 0 Å². The maximum atomic E-state index is 6.35. The third kappa shape index (κ3) is 4.66. The van der Waals surface area contributed by atoms with E-state index in [0.717, 1.165) is 16.9 Å². The van der Waals surface area contributed by atoms with Crippen molar-refractivity contribution in [1.82, 2.24) is 0 Å². The zero-order chi connectivity index (χ0) is 30.5. The molecule has 0 saturated heterocycles. The summed E-state index contributed by atoms with van der Waals surface area (Å²) in [5, 5.41) is 2.29.